The number of rotatable bonds is 3. The summed E-state index contributed by atoms with van der Waals surface area (Å²) in [5.41, 5.74) is -0.272. The van der Waals surface area contributed by atoms with Gasteiger partial charge in [0.15, 0.2) is 0 Å². The maximum atomic E-state index is 13.6. The van der Waals surface area contributed by atoms with Crippen molar-refractivity contribution in [1.82, 2.24) is 9.38 Å². The van der Waals surface area contributed by atoms with E-state index in [0.29, 0.717) is 5.69 Å². The Bertz CT molecular complexity index is 1200. The molecule has 4 rings (SSSR count). The molecule has 3 nitrogen and oxygen atoms in total. The molecule has 2 heterocycles. The van der Waals surface area contributed by atoms with Gasteiger partial charge >= 0.3 is 6.18 Å². The van der Waals surface area contributed by atoms with E-state index in [1.165, 1.54) is 42.5 Å². The summed E-state index contributed by atoms with van der Waals surface area (Å²) < 4.78 is 68.5. The fraction of sp³-hybridized carbons (Fsp3) is 0.0500. The largest absolute Gasteiger partial charge is 0.431 e. The number of anilines is 2. The van der Waals surface area contributed by atoms with Crippen LogP contribution in [0.5, 0.6) is 0 Å². The molecule has 0 spiro atoms. The van der Waals surface area contributed by atoms with E-state index in [9.17, 15) is 22.0 Å². The minimum absolute atomic E-state index is 0.0101. The van der Waals surface area contributed by atoms with Gasteiger partial charge in [-0.3, -0.25) is 4.40 Å². The number of pyridine rings is 1. The summed E-state index contributed by atoms with van der Waals surface area (Å²) in [6.07, 6.45) is -4.66. The minimum atomic E-state index is -4.66. The third kappa shape index (κ3) is 3.63. The van der Waals surface area contributed by atoms with E-state index >= 15 is 0 Å². The van der Waals surface area contributed by atoms with Crippen LogP contribution in [0.4, 0.5) is 33.5 Å². The second-order valence-corrected chi connectivity index (χ2v) is 6.57. The fourth-order valence-electron chi connectivity index (χ4n) is 2.97. The van der Waals surface area contributed by atoms with E-state index in [1.54, 1.807) is 0 Å². The molecule has 0 aliphatic carbocycles. The Hall–Kier alpha value is -3.13. The molecule has 29 heavy (non-hydrogen) atoms. The van der Waals surface area contributed by atoms with Crippen LogP contribution in [-0.2, 0) is 6.18 Å². The van der Waals surface area contributed by atoms with Gasteiger partial charge in [-0.25, -0.2) is 13.8 Å². The van der Waals surface area contributed by atoms with Gasteiger partial charge in [0.1, 0.15) is 34.5 Å². The Labute approximate surface area is 166 Å². The predicted octanol–water partition coefficient (Wildman–Crippen LogP) is 6.70. The highest BCUT2D eigenvalue weighted by Crippen LogP contribution is 2.39. The smallest absolute Gasteiger partial charge is 0.339 e. The van der Waals surface area contributed by atoms with Crippen LogP contribution in [-0.4, -0.2) is 9.38 Å². The molecule has 2 aromatic heterocycles. The number of alkyl halides is 3. The van der Waals surface area contributed by atoms with Crippen molar-refractivity contribution in [3.63, 3.8) is 0 Å². The predicted molar refractivity (Wildman–Crippen MR) is 100 cm³/mol. The van der Waals surface area contributed by atoms with Crippen LogP contribution in [0.2, 0.25) is 5.02 Å². The summed E-state index contributed by atoms with van der Waals surface area (Å²) in [6.45, 7) is 0. The van der Waals surface area contributed by atoms with Crippen LogP contribution >= 0.6 is 11.6 Å². The third-order valence-electron chi connectivity index (χ3n) is 4.23. The zero-order chi connectivity index (χ0) is 20.8. The molecule has 148 valence electrons. The zero-order valence-corrected chi connectivity index (χ0v) is 15.2. The Morgan fingerprint density at radius 1 is 0.897 bits per heavy atom. The van der Waals surface area contributed by atoms with Gasteiger partial charge in [0.25, 0.3) is 0 Å². The van der Waals surface area contributed by atoms with E-state index in [4.69, 9.17) is 11.6 Å². The quantitative estimate of drug-likeness (QED) is 0.372. The summed E-state index contributed by atoms with van der Waals surface area (Å²) in [7, 11) is 0. The average Bonchev–Trinajstić information content (AvgIpc) is 3.01. The first-order chi connectivity index (χ1) is 13.7. The van der Waals surface area contributed by atoms with Crippen molar-refractivity contribution < 1.29 is 22.0 Å². The number of hydrogen-bond donors (Lipinski definition) is 1. The number of hydrogen-bond acceptors (Lipinski definition) is 2. The van der Waals surface area contributed by atoms with Gasteiger partial charge in [-0.05, 0) is 54.6 Å². The maximum absolute atomic E-state index is 13.6. The molecule has 4 aromatic rings. The SMILES string of the molecule is Fc1ccc(Nc2c(-c3ccc(F)cc3Cl)nc3cccc(C(F)(F)F)n23)cc1. The number of nitrogens with one attached hydrogen (secondary N) is 1. The van der Waals surface area contributed by atoms with Gasteiger partial charge in [-0.15, -0.1) is 0 Å². The van der Waals surface area contributed by atoms with Crippen molar-refractivity contribution in [1.29, 1.82) is 0 Å². The normalized spacial score (nSPS) is 11.8. The third-order valence-corrected chi connectivity index (χ3v) is 4.54. The summed E-state index contributed by atoms with van der Waals surface area (Å²) in [6, 6.07) is 12.2. The summed E-state index contributed by atoms with van der Waals surface area (Å²) in [4.78, 5) is 4.28. The van der Waals surface area contributed by atoms with Crippen LogP contribution < -0.4 is 5.32 Å². The zero-order valence-electron chi connectivity index (χ0n) is 14.4. The monoisotopic (exact) mass is 423 g/mol. The first-order valence-electron chi connectivity index (χ1n) is 8.31. The lowest BCUT2D eigenvalue weighted by Gasteiger charge is -2.14. The molecule has 9 heteroatoms. The highest BCUT2D eigenvalue weighted by atomic mass is 35.5. The molecule has 0 unspecified atom stereocenters. The number of aromatic nitrogens is 2. The summed E-state index contributed by atoms with van der Waals surface area (Å²) in [5, 5.41) is 2.85. The average molecular weight is 424 g/mol. The second kappa shape index (κ2) is 7.04. The number of fused-ring (bicyclic) bond motifs is 1. The van der Waals surface area contributed by atoms with Crippen LogP contribution in [0.3, 0.4) is 0 Å². The van der Waals surface area contributed by atoms with Crippen LogP contribution in [0.1, 0.15) is 5.69 Å². The topological polar surface area (TPSA) is 29.3 Å². The van der Waals surface area contributed by atoms with Crippen molar-refractivity contribution in [2.75, 3.05) is 5.32 Å². The Kier molecular flexibility index (Phi) is 4.66. The van der Waals surface area contributed by atoms with E-state index in [2.05, 4.69) is 10.3 Å². The molecule has 0 aliphatic heterocycles. The molecular formula is C20H11ClF5N3. The lowest BCUT2D eigenvalue weighted by atomic mass is 10.1. The first-order valence-corrected chi connectivity index (χ1v) is 8.68. The Balaban J connectivity index is 2.01. The second-order valence-electron chi connectivity index (χ2n) is 6.17. The molecule has 2 aromatic carbocycles. The van der Waals surface area contributed by atoms with Gasteiger partial charge in [0.05, 0.1) is 5.02 Å². The van der Waals surface area contributed by atoms with Crippen molar-refractivity contribution in [3.8, 4) is 11.3 Å². The molecule has 1 N–H and O–H groups in total. The van der Waals surface area contributed by atoms with Crippen LogP contribution in [0, 0.1) is 11.6 Å². The summed E-state index contributed by atoms with van der Waals surface area (Å²) >= 11 is 6.13. The van der Waals surface area contributed by atoms with E-state index in [0.717, 1.165) is 22.6 Å². The van der Waals surface area contributed by atoms with Gasteiger partial charge in [-0.2, -0.15) is 13.2 Å². The highest BCUT2D eigenvalue weighted by Gasteiger charge is 2.35. The van der Waals surface area contributed by atoms with Gasteiger partial charge < -0.3 is 5.32 Å². The van der Waals surface area contributed by atoms with Crippen molar-refractivity contribution in [2.24, 2.45) is 0 Å². The molecule has 0 saturated heterocycles. The van der Waals surface area contributed by atoms with Crippen molar-refractivity contribution in [3.05, 3.63) is 83.0 Å². The van der Waals surface area contributed by atoms with E-state index in [-0.39, 0.29) is 27.7 Å². The lowest BCUT2D eigenvalue weighted by molar-refractivity contribution is -0.141. The molecule has 0 atom stereocenters. The minimum Gasteiger partial charge on any atom is -0.339 e. The van der Waals surface area contributed by atoms with Gasteiger partial charge in [0, 0.05) is 11.3 Å². The standard InChI is InChI=1S/C20H11ClF5N3/c21-15-10-12(23)6-9-14(15)18-19(27-13-7-4-11(22)5-8-13)29-16(20(24,25)26)2-1-3-17(29)28-18/h1-10,27H. The maximum Gasteiger partial charge on any atom is 0.431 e. The highest BCUT2D eigenvalue weighted by molar-refractivity contribution is 6.33. The number of imidazole rings is 1. The summed E-state index contributed by atoms with van der Waals surface area (Å²) in [5.74, 6) is -1.12. The van der Waals surface area contributed by atoms with E-state index < -0.39 is 23.5 Å². The molecule has 0 bridgehead atoms. The molecule has 0 fully saturated rings. The Morgan fingerprint density at radius 2 is 1.59 bits per heavy atom. The molecule has 0 radical (unpaired) electrons. The molecule has 0 amide bonds. The molecule has 0 saturated carbocycles. The van der Waals surface area contributed by atoms with Crippen LogP contribution in [0.25, 0.3) is 16.9 Å². The molecule has 0 aliphatic rings. The number of benzene rings is 2. The fourth-order valence-corrected chi connectivity index (χ4v) is 3.23. The number of nitrogens with zero attached hydrogens (tertiary/aromatic N) is 2. The lowest BCUT2D eigenvalue weighted by Crippen LogP contribution is -2.12. The van der Waals surface area contributed by atoms with Gasteiger partial charge in [-0.1, -0.05) is 17.7 Å². The first kappa shape index (κ1) is 19.2. The van der Waals surface area contributed by atoms with Crippen molar-refractivity contribution >= 4 is 28.8 Å². The van der Waals surface area contributed by atoms with Crippen molar-refractivity contribution in [2.45, 2.75) is 6.18 Å². The molecular weight excluding hydrogens is 413 g/mol. The number of halogens is 6. The van der Waals surface area contributed by atoms with Gasteiger partial charge in [0.2, 0.25) is 0 Å². The van der Waals surface area contributed by atoms with Crippen LogP contribution in [0.15, 0.2) is 60.7 Å². The Morgan fingerprint density at radius 3 is 2.24 bits per heavy atom. The van der Waals surface area contributed by atoms with E-state index in [1.807, 2.05) is 0 Å².